The van der Waals surface area contributed by atoms with Crippen LogP contribution in [0.5, 0.6) is 11.5 Å². The molecule has 10 heteroatoms. The van der Waals surface area contributed by atoms with E-state index in [2.05, 4.69) is 0 Å². The molecule has 1 amide bonds. The number of aromatic carboxylic acids is 1. The standard InChI is InChI=1S/C23H20ClNO7S/c1-13(26)25(16-6-4-3-5-7-16)11-15-10-14(8-9-17(15)31-2)21-19(24)20(32-12-18(27)28)22(33-21)23(29)30/h3-10H,11-12H2,1-2H3,(H,27,28)(H,29,30). The van der Waals surface area contributed by atoms with Crippen molar-refractivity contribution in [3.63, 3.8) is 0 Å². The van der Waals surface area contributed by atoms with Gasteiger partial charge in [0.05, 0.1) is 18.5 Å². The maximum atomic E-state index is 12.3. The minimum atomic E-state index is -1.28. The molecule has 1 aromatic heterocycles. The summed E-state index contributed by atoms with van der Waals surface area (Å²) < 4.78 is 10.6. The van der Waals surface area contributed by atoms with Crippen molar-refractivity contribution in [1.29, 1.82) is 0 Å². The third-order valence-corrected chi connectivity index (χ3v) is 6.34. The summed E-state index contributed by atoms with van der Waals surface area (Å²) in [5.74, 6) is -2.37. The van der Waals surface area contributed by atoms with Crippen LogP contribution in [0.1, 0.15) is 22.2 Å². The predicted octanol–water partition coefficient (Wildman–Crippen LogP) is 4.79. The molecule has 0 saturated heterocycles. The summed E-state index contributed by atoms with van der Waals surface area (Å²) in [5, 5.41) is 18.4. The fraction of sp³-hybridized carbons (Fsp3) is 0.174. The highest BCUT2D eigenvalue weighted by Gasteiger charge is 2.25. The number of nitrogens with zero attached hydrogens (tertiary/aromatic N) is 1. The zero-order chi connectivity index (χ0) is 24.1. The number of aliphatic carboxylic acids is 1. The van der Waals surface area contributed by atoms with Crippen molar-refractivity contribution in [2.75, 3.05) is 18.6 Å². The number of carbonyl (C=O) groups excluding carboxylic acids is 1. The molecule has 0 aliphatic heterocycles. The van der Waals surface area contributed by atoms with Gasteiger partial charge in [0, 0.05) is 18.2 Å². The van der Waals surface area contributed by atoms with Crippen LogP contribution >= 0.6 is 22.9 Å². The van der Waals surface area contributed by atoms with Gasteiger partial charge in [-0.3, -0.25) is 4.79 Å². The molecular weight excluding hydrogens is 470 g/mol. The largest absolute Gasteiger partial charge is 0.496 e. The lowest BCUT2D eigenvalue weighted by Gasteiger charge is -2.23. The summed E-state index contributed by atoms with van der Waals surface area (Å²) in [4.78, 5) is 36.7. The van der Waals surface area contributed by atoms with Crippen LogP contribution in [0.4, 0.5) is 5.69 Å². The fourth-order valence-corrected chi connectivity index (χ4v) is 4.59. The van der Waals surface area contributed by atoms with Gasteiger partial charge in [-0.15, -0.1) is 11.3 Å². The van der Waals surface area contributed by atoms with Crippen LogP contribution in [-0.4, -0.2) is 41.8 Å². The Morgan fingerprint density at radius 2 is 1.79 bits per heavy atom. The number of amides is 1. The first-order chi connectivity index (χ1) is 15.7. The number of para-hydroxylation sites is 1. The van der Waals surface area contributed by atoms with Crippen LogP contribution in [0, 0.1) is 0 Å². The van der Waals surface area contributed by atoms with Gasteiger partial charge in [0.1, 0.15) is 10.8 Å². The number of thiophene rings is 1. The van der Waals surface area contributed by atoms with Crippen LogP contribution in [0.2, 0.25) is 5.02 Å². The van der Waals surface area contributed by atoms with Crippen LogP contribution < -0.4 is 14.4 Å². The molecule has 0 aliphatic rings. The average molecular weight is 490 g/mol. The van der Waals surface area contributed by atoms with E-state index in [9.17, 15) is 19.5 Å². The molecule has 172 valence electrons. The van der Waals surface area contributed by atoms with Crippen LogP contribution in [0.15, 0.2) is 48.5 Å². The lowest BCUT2D eigenvalue weighted by molar-refractivity contribution is -0.139. The van der Waals surface area contributed by atoms with E-state index in [1.54, 1.807) is 23.1 Å². The van der Waals surface area contributed by atoms with Gasteiger partial charge in [-0.25, -0.2) is 9.59 Å². The molecule has 0 aliphatic carbocycles. The third kappa shape index (κ3) is 5.44. The normalized spacial score (nSPS) is 10.5. The molecule has 2 aromatic carbocycles. The Kier molecular flexibility index (Phi) is 7.57. The monoisotopic (exact) mass is 489 g/mol. The number of carbonyl (C=O) groups is 3. The Morgan fingerprint density at radius 1 is 1.09 bits per heavy atom. The highest BCUT2D eigenvalue weighted by atomic mass is 35.5. The molecule has 0 bridgehead atoms. The zero-order valence-electron chi connectivity index (χ0n) is 17.7. The Labute approximate surface area is 198 Å². The molecule has 8 nitrogen and oxygen atoms in total. The van der Waals surface area contributed by atoms with Gasteiger partial charge in [0.2, 0.25) is 5.91 Å². The molecule has 0 spiro atoms. The minimum Gasteiger partial charge on any atom is -0.496 e. The second kappa shape index (κ2) is 10.4. The first-order valence-corrected chi connectivity index (χ1v) is 10.8. The van der Waals surface area contributed by atoms with Crippen molar-refractivity contribution >= 4 is 46.5 Å². The lowest BCUT2D eigenvalue weighted by Crippen LogP contribution is -2.27. The Balaban J connectivity index is 2.05. The van der Waals surface area contributed by atoms with E-state index in [0.29, 0.717) is 27.4 Å². The molecule has 2 N–H and O–H groups in total. The van der Waals surface area contributed by atoms with Crippen molar-refractivity contribution in [2.24, 2.45) is 0 Å². The summed E-state index contributed by atoms with van der Waals surface area (Å²) >= 11 is 7.27. The number of hydrogen-bond acceptors (Lipinski definition) is 6. The number of hydrogen-bond donors (Lipinski definition) is 2. The summed E-state index contributed by atoms with van der Waals surface area (Å²) in [6.45, 7) is 0.937. The Hall–Kier alpha value is -3.56. The molecule has 0 unspecified atom stereocenters. The van der Waals surface area contributed by atoms with Crippen molar-refractivity contribution in [2.45, 2.75) is 13.5 Å². The number of carboxylic acid groups (broad SMARTS) is 2. The summed E-state index contributed by atoms with van der Waals surface area (Å²) in [7, 11) is 1.51. The quantitative estimate of drug-likeness (QED) is 0.444. The summed E-state index contributed by atoms with van der Waals surface area (Å²) in [6, 6.07) is 14.3. The van der Waals surface area contributed by atoms with Gasteiger partial charge in [-0.05, 0) is 35.9 Å². The van der Waals surface area contributed by atoms with Gasteiger partial charge < -0.3 is 24.6 Å². The number of ether oxygens (including phenoxy) is 2. The molecule has 1 heterocycles. The van der Waals surface area contributed by atoms with E-state index in [4.69, 9.17) is 26.2 Å². The topological polar surface area (TPSA) is 113 Å². The maximum absolute atomic E-state index is 12.3. The number of anilines is 1. The SMILES string of the molecule is COc1ccc(-c2sc(C(=O)O)c(OCC(=O)O)c2Cl)cc1CN(C(C)=O)c1ccccc1. The maximum Gasteiger partial charge on any atom is 0.349 e. The highest BCUT2D eigenvalue weighted by molar-refractivity contribution is 7.18. The number of methoxy groups -OCH3 is 1. The minimum absolute atomic E-state index is 0.00116. The smallest absolute Gasteiger partial charge is 0.349 e. The van der Waals surface area contributed by atoms with Gasteiger partial charge >= 0.3 is 11.9 Å². The lowest BCUT2D eigenvalue weighted by atomic mass is 10.1. The molecule has 3 rings (SSSR count). The molecular formula is C23H20ClNO7S. The van der Waals surface area contributed by atoms with Crippen LogP contribution in [-0.2, 0) is 16.1 Å². The second-order valence-corrected chi connectivity index (χ2v) is 8.26. The van der Waals surface area contributed by atoms with Crippen LogP contribution in [0.25, 0.3) is 10.4 Å². The third-order valence-electron chi connectivity index (χ3n) is 4.66. The first-order valence-electron chi connectivity index (χ1n) is 9.63. The molecule has 0 saturated carbocycles. The highest BCUT2D eigenvalue weighted by Crippen LogP contribution is 2.46. The van der Waals surface area contributed by atoms with Gasteiger partial charge in [0.15, 0.2) is 17.2 Å². The zero-order valence-corrected chi connectivity index (χ0v) is 19.3. The molecule has 3 aromatic rings. The van der Waals surface area contributed by atoms with Gasteiger partial charge in [-0.2, -0.15) is 0 Å². The summed E-state index contributed by atoms with van der Waals surface area (Å²) in [5.41, 5.74) is 1.96. The van der Waals surface area contributed by atoms with E-state index in [1.165, 1.54) is 14.0 Å². The second-order valence-electron chi connectivity index (χ2n) is 6.86. The van der Waals surface area contributed by atoms with Crippen molar-refractivity contribution in [3.8, 4) is 21.9 Å². The Bertz CT molecular complexity index is 1190. The van der Waals surface area contributed by atoms with Crippen molar-refractivity contribution in [1.82, 2.24) is 0 Å². The number of carboxylic acids is 2. The molecule has 33 heavy (non-hydrogen) atoms. The number of benzene rings is 2. The molecule has 0 radical (unpaired) electrons. The molecule has 0 atom stereocenters. The van der Waals surface area contributed by atoms with E-state index >= 15 is 0 Å². The predicted molar refractivity (Wildman–Crippen MR) is 125 cm³/mol. The first kappa shape index (κ1) is 24.1. The van der Waals surface area contributed by atoms with Crippen molar-refractivity contribution < 1.29 is 34.1 Å². The van der Waals surface area contributed by atoms with Gasteiger partial charge in [0.25, 0.3) is 0 Å². The van der Waals surface area contributed by atoms with E-state index in [1.807, 2.05) is 30.3 Å². The number of halogens is 1. The van der Waals surface area contributed by atoms with E-state index < -0.39 is 18.5 Å². The van der Waals surface area contributed by atoms with Crippen molar-refractivity contribution in [3.05, 3.63) is 64.0 Å². The Morgan fingerprint density at radius 3 is 2.36 bits per heavy atom. The summed E-state index contributed by atoms with van der Waals surface area (Å²) in [6.07, 6.45) is 0. The number of rotatable bonds is 9. The van der Waals surface area contributed by atoms with Crippen LogP contribution in [0.3, 0.4) is 0 Å². The fourth-order valence-electron chi connectivity index (χ4n) is 3.19. The van der Waals surface area contributed by atoms with Gasteiger partial charge in [-0.1, -0.05) is 29.8 Å². The van der Waals surface area contributed by atoms with E-state index in [-0.39, 0.29) is 28.1 Å². The molecule has 0 fully saturated rings. The average Bonchev–Trinajstić information content (AvgIpc) is 3.12. The van der Waals surface area contributed by atoms with E-state index in [0.717, 1.165) is 11.3 Å².